The molecule has 0 aromatic heterocycles. The average Bonchev–Trinajstić information content (AvgIpc) is 2.80. The average molecular weight is 310 g/mol. The summed E-state index contributed by atoms with van der Waals surface area (Å²) in [5.41, 5.74) is 3.05. The molecule has 9 heteroatoms. The zero-order chi connectivity index (χ0) is 13.6. The van der Waals surface area contributed by atoms with Crippen molar-refractivity contribution in [3.63, 3.8) is 0 Å². The minimum Gasteiger partial charge on any atom is -0.258 e. The number of nitrogens with zero attached hydrogens (tertiary/aromatic N) is 1. The van der Waals surface area contributed by atoms with Crippen LogP contribution < -0.4 is 18.6 Å². The van der Waals surface area contributed by atoms with Gasteiger partial charge < -0.3 is 0 Å². The van der Waals surface area contributed by atoms with Gasteiger partial charge in [0.2, 0.25) is 0 Å². The molecule has 0 unspecified atom stereocenters. The summed E-state index contributed by atoms with van der Waals surface area (Å²) < 4.78 is 44.3. The minimum absolute atomic E-state index is 0.887. The largest absolute Gasteiger partial charge is 0.343 e. The van der Waals surface area contributed by atoms with E-state index < -0.39 is 10.2 Å². The Morgan fingerprint density at radius 2 is 1.67 bits per heavy atom. The van der Waals surface area contributed by atoms with Gasteiger partial charge in [0.15, 0.2) is 0 Å². The van der Waals surface area contributed by atoms with E-state index in [1.165, 1.54) is 21.8 Å². The van der Waals surface area contributed by atoms with Crippen LogP contribution in [0.1, 0.15) is 0 Å². The van der Waals surface area contributed by atoms with Crippen molar-refractivity contribution in [2.24, 2.45) is 4.40 Å². The van der Waals surface area contributed by atoms with Crippen LogP contribution in [0.25, 0.3) is 0 Å². The fourth-order valence-corrected chi connectivity index (χ4v) is 2.49. The van der Waals surface area contributed by atoms with E-state index in [9.17, 15) is 0 Å². The molecule has 1 aliphatic carbocycles. The first-order chi connectivity index (χ1) is 8.40. The van der Waals surface area contributed by atoms with E-state index in [-0.39, 0.29) is 0 Å². The predicted octanol–water partition coefficient (Wildman–Crippen LogP) is -2.27. The van der Waals surface area contributed by atoms with Crippen molar-refractivity contribution >= 4 is 35.0 Å². The maximum absolute atomic E-state index is 8.49. The van der Waals surface area contributed by atoms with Crippen molar-refractivity contribution in [2.75, 3.05) is 7.11 Å². The number of halogens is 1. The van der Waals surface area contributed by atoms with Crippen LogP contribution in [0.2, 0.25) is 0 Å². The lowest BCUT2D eigenvalue weighted by molar-refractivity contribution is -2.00. The van der Waals surface area contributed by atoms with Gasteiger partial charge in [0.05, 0.1) is 9.78 Å². The molecular weight excluding hydrogens is 302 g/mol. The second-order valence-electron chi connectivity index (χ2n) is 2.81. The molecule has 0 aromatic carbocycles. The zero-order valence-corrected chi connectivity index (χ0v) is 11.5. The third kappa shape index (κ3) is 6.36. The van der Waals surface area contributed by atoms with Gasteiger partial charge in [0.25, 0.3) is 7.11 Å². The Balaban J connectivity index is 0.000000280. The molecule has 2 aliphatic rings. The molecule has 0 N–H and O–H groups in total. The van der Waals surface area contributed by atoms with E-state index in [1.54, 1.807) is 18.9 Å². The first-order valence-electron chi connectivity index (χ1n) is 4.39. The quantitative estimate of drug-likeness (QED) is 0.368. The standard InChI is InChI=1S/C9H8NOS2.ClHO4/c1-11-8-4-2-7(3-5-8)9-12-6-10-13-9;2-1(3,4)5/h2-6H,1H3;(H,2,3,4,5)/q+1;/p-1. The highest BCUT2D eigenvalue weighted by Gasteiger charge is 2.12. The first kappa shape index (κ1) is 15.4. The van der Waals surface area contributed by atoms with Gasteiger partial charge in [0.1, 0.15) is 0 Å². The highest BCUT2D eigenvalue weighted by molar-refractivity contribution is 8.31. The lowest BCUT2D eigenvalue weighted by Crippen LogP contribution is -2.68. The summed E-state index contributed by atoms with van der Waals surface area (Å²) in [5.74, 6) is 0.887. The maximum Gasteiger partial charge on any atom is 0.343 e. The number of carbonyl (C=O) groups excluding carboxylic acids is 1. The number of ketones is 1. The van der Waals surface area contributed by atoms with E-state index in [0.717, 1.165) is 5.78 Å². The number of hydrogen-bond acceptors (Lipinski definition) is 7. The molecule has 1 aliphatic heterocycles. The second-order valence-corrected chi connectivity index (χ2v) is 5.48. The third-order valence-electron chi connectivity index (χ3n) is 1.66. The van der Waals surface area contributed by atoms with Gasteiger partial charge in [0, 0.05) is 24.1 Å². The van der Waals surface area contributed by atoms with Gasteiger partial charge in [-0.1, -0.05) is 11.8 Å². The molecule has 1 heterocycles. The van der Waals surface area contributed by atoms with Gasteiger partial charge in [-0.05, 0) is 17.7 Å². The molecule has 0 bridgehead atoms. The molecule has 0 spiro atoms. The van der Waals surface area contributed by atoms with E-state index in [1.807, 2.05) is 29.9 Å². The van der Waals surface area contributed by atoms with Crippen LogP contribution in [0.15, 0.2) is 38.5 Å². The number of hydrogen-bond donors (Lipinski definition) is 0. The molecule has 6 nitrogen and oxygen atoms in total. The summed E-state index contributed by atoms with van der Waals surface area (Å²) in [6.45, 7) is 0. The molecule has 18 heavy (non-hydrogen) atoms. The van der Waals surface area contributed by atoms with Crippen LogP contribution in [-0.4, -0.2) is 18.4 Å². The highest BCUT2D eigenvalue weighted by atomic mass is 35.7. The van der Waals surface area contributed by atoms with Gasteiger partial charge in [-0.3, -0.25) is 4.42 Å². The topological polar surface area (TPSA) is 116 Å². The Bertz CT molecular complexity index is 416. The van der Waals surface area contributed by atoms with Crippen molar-refractivity contribution in [1.29, 1.82) is 0 Å². The zero-order valence-electron chi connectivity index (χ0n) is 9.07. The molecule has 0 atom stereocenters. The third-order valence-corrected chi connectivity index (χ3v) is 3.58. The monoisotopic (exact) mass is 309 g/mol. The van der Waals surface area contributed by atoms with Crippen molar-refractivity contribution in [1.82, 2.24) is 0 Å². The van der Waals surface area contributed by atoms with Crippen molar-refractivity contribution in [3.8, 4) is 0 Å². The smallest absolute Gasteiger partial charge is 0.258 e. The molecule has 0 saturated heterocycles. The minimum atomic E-state index is -4.94. The molecular formula is C9H8ClNO5S2. The summed E-state index contributed by atoms with van der Waals surface area (Å²) in [6.07, 6.45) is 8.01. The molecule has 2 rings (SSSR count). The van der Waals surface area contributed by atoms with Gasteiger partial charge in [-0.25, -0.2) is 23.0 Å². The van der Waals surface area contributed by atoms with Gasteiger partial charge in [-0.2, -0.15) is 0 Å². The predicted molar refractivity (Wildman–Crippen MR) is 59.9 cm³/mol. The van der Waals surface area contributed by atoms with Crippen LogP contribution >= 0.6 is 23.7 Å². The van der Waals surface area contributed by atoms with Crippen LogP contribution in [0.5, 0.6) is 0 Å². The van der Waals surface area contributed by atoms with Crippen LogP contribution in [0.4, 0.5) is 0 Å². The molecule has 0 fully saturated rings. The molecule has 0 radical (unpaired) electrons. The van der Waals surface area contributed by atoms with Crippen molar-refractivity contribution in [2.45, 2.75) is 0 Å². The molecule has 0 amide bonds. The molecule has 0 saturated carbocycles. The van der Waals surface area contributed by atoms with Crippen LogP contribution in [0, 0.1) is 10.2 Å². The number of thioether (sulfide) groups is 1. The SMILES string of the molecule is C[O+]=C1C=CC(=C2SC=NS2)C=C1.[O-][Cl+3]([O-])([O-])[O-]. The van der Waals surface area contributed by atoms with E-state index in [2.05, 4.69) is 4.40 Å². The Hall–Kier alpha value is -0.610. The fraction of sp³-hybridized carbons (Fsp3) is 0.111. The van der Waals surface area contributed by atoms with E-state index >= 15 is 0 Å². The summed E-state index contributed by atoms with van der Waals surface area (Å²) in [4.78, 5) is 0. The normalized spacial score (nSPS) is 17.9. The van der Waals surface area contributed by atoms with Gasteiger partial charge in [-0.15, -0.1) is 10.2 Å². The molecule has 0 aromatic rings. The van der Waals surface area contributed by atoms with Gasteiger partial charge >= 0.3 is 5.78 Å². The number of rotatable bonds is 0. The Morgan fingerprint density at radius 3 is 2.06 bits per heavy atom. The first-order valence-corrected chi connectivity index (χ1v) is 7.27. The Morgan fingerprint density at radius 1 is 1.11 bits per heavy atom. The second kappa shape index (κ2) is 7.10. The lowest BCUT2D eigenvalue weighted by Gasteiger charge is -2.17. The fourth-order valence-electron chi connectivity index (χ4n) is 1.01. The van der Waals surface area contributed by atoms with Crippen LogP contribution in [0.3, 0.4) is 0 Å². The lowest BCUT2D eigenvalue weighted by atomic mass is 10.1. The maximum atomic E-state index is 8.49. The van der Waals surface area contributed by atoms with Crippen molar-refractivity contribution < 1.29 is 33.3 Å². The summed E-state index contributed by atoms with van der Waals surface area (Å²) in [7, 11) is -3.27. The Labute approximate surface area is 114 Å². The van der Waals surface area contributed by atoms with Crippen molar-refractivity contribution in [3.05, 3.63) is 34.1 Å². The number of allylic oxidation sites excluding steroid dienone is 5. The van der Waals surface area contributed by atoms with E-state index in [0.29, 0.717) is 0 Å². The highest BCUT2D eigenvalue weighted by Crippen LogP contribution is 2.37. The van der Waals surface area contributed by atoms with Crippen LogP contribution in [-0.2, 0) is 4.42 Å². The summed E-state index contributed by atoms with van der Waals surface area (Å²) in [6, 6.07) is 0. The Kier molecular flexibility index (Phi) is 6.09. The molecule has 98 valence electrons. The summed E-state index contributed by atoms with van der Waals surface area (Å²) in [5, 5.41) is 0. The summed E-state index contributed by atoms with van der Waals surface area (Å²) >= 11 is 3.17. The van der Waals surface area contributed by atoms with E-state index in [4.69, 9.17) is 23.1 Å².